The van der Waals surface area contributed by atoms with Gasteiger partial charge in [-0.05, 0) is 29.7 Å². The zero-order chi connectivity index (χ0) is 17.2. The minimum atomic E-state index is -4.45. The molecule has 0 fully saturated rings. The predicted molar refractivity (Wildman–Crippen MR) is 78.6 cm³/mol. The zero-order valence-electron chi connectivity index (χ0n) is 12.2. The van der Waals surface area contributed by atoms with Gasteiger partial charge in [0.25, 0.3) is 0 Å². The Balaban J connectivity index is 1.84. The number of hydrogen-bond acceptors (Lipinski definition) is 4. The minimum absolute atomic E-state index is 0.184. The highest BCUT2D eigenvalue weighted by molar-refractivity contribution is 5.64. The van der Waals surface area contributed by atoms with Crippen LogP contribution in [0.3, 0.4) is 0 Å². The molecule has 1 N–H and O–H groups in total. The number of rotatable bonds is 3. The van der Waals surface area contributed by atoms with Crippen molar-refractivity contribution in [1.82, 2.24) is 20.4 Å². The highest BCUT2D eigenvalue weighted by atomic mass is 19.4. The molecule has 0 bridgehead atoms. The van der Waals surface area contributed by atoms with Gasteiger partial charge in [-0.1, -0.05) is 24.3 Å². The lowest BCUT2D eigenvalue weighted by Crippen LogP contribution is -2.07. The summed E-state index contributed by atoms with van der Waals surface area (Å²) < 4.78 is 37.6. The third-order valence-corrected chi connectivity index (χ3v) is 3.38. The third-order valence-electron chi connectivity index (χ3n) is 3.38. The summed E-state index contributed by atoms with van der Waals surface area (Å²) in [7, 11) is 0. The van der Waals surface area contributed by atoms with Crippen LogP contribution in [0.5, 0.6) is 0 Å². The molecule has 0 aliphatic rings. The first kappa shape index (κ1) is 15.7. The number of H-pyrrole nitrogens is 1. The second-order valence-electron chi connectivity index (χ2n) is 5.06. The summed E-state index contributed by atoms with van der Waals surface area (Å²) in [5.41, 5.74) is 1.92. The number of alkyl halides is 3. The highest BCUT2D eigenvalue weighted by Crippen LogP contribution is 2.27. The molecule has 120 valence electrons. The van der Waals surface area contributed by atoms with Crippen LogP contribution >= 0.6 is 0 Å². The van der Waals surface area contributed by atoms with Crippen LogP contribution in [0.1, 0.15) is 22.5 Å². The Kier molecular flexibility index (Phi) is 4.00. The van der Waals surface area contributed by atoms with Crippen LogP contribution < -0.4 is 0 Å². The van der Waals surface area contributed by atoms with Crippen molar-refractivity contribution in [3.63, 3.8) is 0 Å². The quantitative estimate of drug-likeness (QED) is 0.799. The molecular formula is C16H10F3N5. The van der Waals surface area contributed by atoms with Gasteiger partial charge in [0.1, 0.15) is 17.5 Å². The molecule has 0 spiro atoms. The second-order valence-corrected chi connectivity index (χ2v) is 5.06. The fourth-order valence-corrected chi connectivity index (χ4v) is 2.27. The average Bonchev–Trinajstić information content (AvgIpc) is 3.03. The second kappa shape index (κ2) is 6.12. The molecule has 2 aromatic heterocycles. The molecule has 0 aliphatic heterocycles. The molecule has 0 unspecified atom stereocenters. The van der Waals surface area contributed by atoms with Gasteiger partial charge in [0.15, 0.2) is 5.69 Å². The van der Waals surface area contributed by atoms with Crippen molar-refractivity contribution in [1.29, 1.82) is 5.26 Å². The van der Waals surface area contributed by atoms with E-state index in [1.807, 2.05) is 18.2 Å². The third kappa shape index (κ3) is 3.25. The summed E-state index contributed by atoms with van der Waals surface area (Å²) in [6, 6.07) is 11.5. The molecule has 1 aromatic carbocycles. The van der Waals surface area contributed by atoms with E-state index in [4.69, 9.17) is 5.26 Å². The van der Waals surface area contributed by atoms with Gasteiger partial charge >= 0.3 is 6.18 Å². The maximum atomic E-state index is 12.5. The number of nitrogens with zero attached hydrogens (tertiary/aromatic N) is 4. The number of nitrogens with one attached hydrogen (secondary N) is 1. The monoisotopic (exact) mass is 329 g/mol. The van der Waals surface area contributed by atoms with Crippen molar-refractivity contribution in [2.45, 2.75) is 12.6 Å². The summed E-state index contributed by atoms with van der Waals surface area (Å²) in [6.45, 7) is 0. The van der Waals surface area contributed by atoms with Gasteiger partial charge in [-0.3, -0.25) is 4.98 Å². The van der Waals surface area contributed by atoms with E-state index in [-0.39, 0.29) is 5.69 Å². The van der Waals surface area contributed by atoms with E-state index in [0.717, 1.165) is 11.6 Å². The van der Waals surface area contributed by atoms with E-state index in [1.165, 1.54) is 12.3 Å². The lowest BCUT2D eigenvalue weighted by molar-refractivity contribution is -0.141. The molecule has 0 saturated heterocycles. The van der Waals surface area contributed by atoms with Crippen molar-refractivity contribution in [2.24, 2.45) is 0 Å². The SMILES string of the molecule is N#Cc1n[nH]nc1-c1cccc(Cc2ccc(C(F)(F)F)nc2)c1. The zero-order valence-corrected chi connectivity index (χ0v) is 12.2. The van der Waals surface area contributed by atoms with Crippen molar-refractivity contribution >= 4 is 0 Å². The van der Waals surface area contributed by atoms with E-state index in [2.05, 4.69) is 20.4 Å². The highest BCUT2D eigenvalue weighted by Gasteiger charge is 2.31. The molecule has 0 amide bonds. The summed E-state index contributed by atoms with van der Waals surface area (Å²) in [5.74, 6) is 0. The molecule has 8 heteroatoms. The molecule has 0 radical (unpaired) electrons. The van der Waals surface area contributed by atoms with Crippen molar-refractivity contribution < 1.29 is 13.2 Å². The molecule has 3 aromatic rings. The van der Waals surface area contributed by atoms with Crippen LogP contribution in [-0.4, -0.2) is 20.4 Å². The van der Waals surface area contributed by atoms with Gasteiger partial charge < -0.3 is 0 Å². The topological polar surface area (TPSA) is 78.2 Å². The Morgan fingerprint density at radius 1 is 1.08 bits per heavy atom. The first-order valence-electron chi connectivity index (χ1n) is 6.89. The maximum Gasteiger partial charge on any atom is 0.433 e. The number of nitriles is 1. The molecule has 2 heterocycles. The molecule has 3 rings (SSSR count). The van der Waals surface area contributed by atoms with Gasteiger partial charge in [0.2, 0.25) is 0 Å². The normalized spacial score (nSPS) is 11.2. The van der Waals surface area contributed by atoms with E-state index in [0.29, 0.717) is 23.2 Å². The Labute approximate surface area is 134 Å². The molecule has 0 saturated carbocycles. The predicted octanol–water partition coefficient (Wildman–Crippen LogP) is 3.35. The minimum Gasteiger partial charge on any atom is -0.251 e. The number of halogens is 3. The van der Waals surface area contributed by atoms with Crippen LogP contribution in [0.2, 0.25) is 0 Å². The Morgan fingerprint density at radius 2 is 1.92 bits per heavy atom. The first-order chi connectivity index (χ1) is 11.5. The lowest BCUT2D eigenvalue weighted by Gasteiger charge is -2.07. The number of aromatic nitrogens is 4. The Hall–Kier alpha value is -3.21. The average molecular weight is 329 g/mol. The summed E-state index contributed by atoms with van der Waals surface area (Å²) in [6.07, 6.45) is -2.82. The molecular weight excluding hydrogens is 319 g/mol. The maximum absolute atomic E-state index is 12.5. The summed E-state index contributed by atoms with van der Waals surface area (Å²) in [4.78, 5) is 3.45. The van der Waals surface area contributed by atoms with Gasteiger partial charge in [0, 0.05) is 11.8 Å². The van der Waals surface area contributed by atoms with E-state index >= 15 is 0 Å². The van der Waals surface area contributed by atoms with Gasteiger partial charge in [-0.15, -0.1) is 5.10 Å². The van der Waals surface area contributed by atoms with Crippen LogP contribution in [0.25, 0.3) is 11.3 Å². The fraction of sp³-hybridized carbons (Fsp3) is 0.125. The smallest absolute Gasteiger partial charge is 0.251 e. The summed E-state index contributed by atoms with van der Waals surface area (Å²) >= 11 is 0. The Bertz CT molecular complexity index is 891. The van der Waals surface area contributed by atoms with E-state index < -0.39 is 11.9 Å². The molecule has 5 nitrogen and oxygen atoms in total. The number of benzene rings is 1. The van der Waals surface area contributed by atoms with Gasteiger partial charge in [0.05, 0.1) is 0 Å². The van der Waals surface area contributed by atoms with Gasteiger partial charge in [-0.25, -0.2) is 0 Å². The van der Waals surface area contributed by atoms with E-state index in [9.17, 15) is 13.2 Å². The van der Waals surface area contributed by atoms with Crippen LogP contribution in [-0.2, 0) is 12.6 Å². The van der Waals surface area contributed by atoms with Gasteiger partial charge in [-0.2, -0.15) is 28.7 Å². The lowest BCUT2D eigenvalue weighted by atomic mass is 10.0. The van der Waals surface area contributed by atoms with Crippen molar-refractivity contribution in [3.8, 4) is 17.3 Å². The number of aromatic amines is 1. The van der Waals surface area contributed by atoms with Crippen molar-refractivity contribution in [3.05, 3.63) is 65.1 Å². The molecule has 24 heavy (non-hydrogen) atoms. The van der Waals surface area contributed by atoms with E-state index in [1.54, 1.807) is 12.1 Å². The summed E-state index contributed by atoms with van der Waals surface area (Å²) in [5, 5.41) is 19.1. The van der Waals surface area contributed by atoms with Crippen LogP contribution in [0, 0.1) is 11.3 Å². The van der Waals surface area contributed by atoms with Crippen LogP contribution in [0.15, 0.2) is 42.6 Å². The number of hydrogen-bond donors (Lipinski definition) is 1. The van der Waals surface area contributed by atoms with Crippen molar-refractivity contribution in [2.75, 3.05) is 0 Å². The Morgan fingerprint density at radius 3 is 2.58 bits per heavy atom. The molecule has 0 aliphatic carbocycles. The molecule has 0 atom stereocenters. The number of pyridine rings is 1. The fourth-order valence-electron chi connectivity index (χ4n) is 2.27. The van der Waals surface area contributed by atoms with Crippen LogP contribution in [0.4, 0.5) is 13.2 Å². The standard InChI is InChI=1S/C16H10F3N5/c17-16(18,19)14-5-4-11(9-21-14)6-10-2-1-3-12(7-10)15-13(8-20)22-24-23-15/h1-5,7,9H,6H2,(H,22,23,24). The first-order valence-corrected chi connectivity index (χ1v) is 6.89. The largest absolute Gasteiger partial charge is 0.433 e.